The van der Waals surface area contributed by atoms with Crippen LogP contribution < -0.4 is 30.8 Å². The second kappa shape index (κ2) is 7.53. The molecule has 0 amide bonds. The van der Waals surface area contributed by atoms with Crippen LogP contribution >= 0.6 is 0 Å². The fourth-order valence-corrected chi connectivity index (χ4v) is 5.86. The number of anilines is 3. The van der Waals surface area contributed by atoms with Crippen molar-refractivity contribution < 1.29 is 9.47 Å². The molecular formula is C32H22BNO2. The molecule has 3 nitrogen and oxygen atoms in total. The van der Waals surface area contributed by atoms with Gasteiger partial charge in [-0.05, 0) is 71.3 Å². The molecule has 5 aromatic rings. The quantitative estimate of drug-likeness (QED) is 0.301. The van der Waals surface area contributed by atoms with Crippen molar-refractivity contribution in [3.8, 4) is 23.0 Å². The number of hydrogen-bond acceptors (Lipinski definition) is 3. The van der Waals surface area contributed by atoms with Crippen molar-refractivity contribution in [1.29, 1.82) is 0 Å². The minimum atomic E-state index is 0.102. The average molecular weight is 463 g/mol. The highest BCUT2D eigenvalue weighted by atomic mass is 16.5. The SMILES string of the molecule is c1ccc(N(c2ccccc2)c2cc3c4c(c2)Oc2cc5c(cc2B4c2ccccc2O3)CC5)cc1. The first-order valence-electron chi connectivity index (χ1n) is 12.5. The zero-order valence-electron chi connectivity index (χ0n) is 19.6. The summed E-state index contributed by atoms with van der Waals surface area (Å²) in [4.78, 5) is 2.26. The molecule has 0 saturated carbocycles. The zero-order valence-corrected chi connectivity index (χ0v) is 19.6. The molecule has 170 valence electrons. The van der Waals surface area contributed by atoms with Gasteiger partial charge < -0.3 is 14.4 Å². The van der Waals surface area contributed by atoms with Crippen LogP contribution in [0.5, 0.6) is 23.0 Å². The van der Waals surface area contributed by atoms with E-state index in [0.29, 0.717) is 0 Å². The van der Waals surface area contributed by atoms with Gasteiger partial charge in [0.25, 0.3) is 6.71 Å². The lowest BCUT2D eigenvalue weighted by Crippen LogP contribution is -2.57. The molecule has 2 heterocycles. The molecule has 5 aromatic carbocycles. The highest BCUT2D eigenvalue weighted by Gasteiger charge is 2.41. The molecule has 0 aromatic heterocycles. The van der Waals surface area contributed by atoms with Gasteiger partial charge in [0, 0.05) is 29.0 Å². The van der Waals surface area contributed by atoms with Gasteiger partial charge in [0.2, 0.25) is 0 Å². The summed E-state index contributed by atoms with van der Waals surface area (Å²) in [5, 5.41) is 0. The second-order valence-electron chi connectivity index (χ2n) is 9.70. The summed E-state index contributed by atoms with van der Waals surface area (Å²) >= 11 is 0. The summed E-state index contributed by atoms with van der Waals surface area (Å²) in [6.45, 7) is 0.102. The largest absolute Gasteiger partial charge is 0.458 e. The Hall–Kier alpha value is -4.44. The molecule has 2 aliphatic heterocycles. The highest BCUT2D eigenvalue weighted by Crippen LogP contribution is 2.43. The first-order valence-corrected chi connectivity index (χ1v) is 12.5. The molecule has 36 heavy (non-hydrogen) atoms. The zero-order chi connectivity index (χ0) is 23.6. The van der Waals surface area contributed by atoms with Crippen LogP contribution in [-0.2, 0) is 12.8 Å². The highest BCUT2D eigenvalue weighted by molar-refractivity contribution is 6.98. The standard InChI is InChI=1S/C32H22BNO2/c1-3-9-23(10-4-1)34(24-11-5-2-6-12-24)25-19-30-32-31(20-25)36-29-18-22-16-15-21(22)17-27(29)33(32)26-13-7-8-14-28(26)35-30/h1-14,17-20H,15-16H2. The second-order valence-corrected chi connectivity index (χ2v) is 9.70. The number of ether oxygens (including phenoxy) is 2. The smallest absolute Gasteiger partial charge is 0.260 e. The molecule has 8 rings (SSSR count). The van der Waals surface area contributed by atoms with Crippen molar-refractivity contribution in [2.24, 2.45) is 0 Å². The lowest BCUT2D eigenvalue weighted by atomic mass is 9.34. The molecule has 0 radical (unpaired) electrons. The minimum Gasteiger partial charge on any atom is -0.458 e. The Bertz CT molecular complexity index is 1610. The third-order valence-corrected chi connectivity index (χ3v) is 7.64. The van der Waals surface area contributed by atoms with E-state index < -0.39 is 0 Å². The van der Waals surface area contributed by atoms with E-state index in [4.69, 9.17) is 9.47 Å². The van der Waals surface area contributed by atoms with Crippen LogP contribution in [0.3, 0.4) is 0 Å². The van der Waals surface area contributed by atoms with E-state index in [9.17, 15) is 0 Å². The molecular weight excluding hydrogens is 441 g/mol. The molecule has 0 fully saturated rings. The molecule has 0 N–H and O–H groups in total. The fraction of sp³-hybridized carbons (Fsp3) is 0.0625. The molecule has 0 atom stereocenters. The first-order chi connectivity index (χ1) is 17.8. The first kappa shape index (κ1) is 19.8. The molecule has 0 bridgehead atoms. The normalized spacial score (nSPS) is 13.7. The molecule has 0 saturated heterocycles. The lowest BCUT2D eigenvalue weighted by molar-refractivity contribution is 0.464. The maximum absolute atomic E-state index is 6.66. The van der Waals surface area contributed by atoms with Crippen LogP contribution in [0, 0.1) is 0 Å². The van der Waals surface area contributed by atoms with E-state index in [1.807, 2.05) is 18.2 Å². The Labute approximate surface area is 210 Å². The van der Waals surface area contributed by atoms with Crippen LogP contribution in [0.2, 0.25) is 0 Å². The third kappa shape index (κ3) is 2.88. The van der Waals surface area contributed by atoms with Crippen LogP contribution in [0.1, 0.15) is 11.1 Å². The summed E-state index contributed by atoms with van der Waals surface area (Å²) in [6, 6.07) is 38.3. The number of fused-ring (bicyclic) bond motifs is 5. The number of rotatable bonds is 3. The lowest BCUT2D eigenvalue weighted by Gasteiger charge is -2.36. The van der Waals surface area contributed by atoms with Crippen molar-refractivity contribution in [3.05, 3.63) is 120 Å². The van der Waals surface area contributed by atoms with Gasteiger partial charge >= 0.3 is 0 Å². The predicted molar refractivity (Wildman–Crippen MR) is 146 cm³/mol. The summed E-state index contributed by atoms with van der Waals surface area (Å²) in [6.07, 6.45) is 2.28. The molecule has 0 spiro atoms. The third-order valence-electron chi connectivity index (χ3n) is 7.64. The maximum atomic E-state index is 6.66. The van der Waals surface area contributed by atoms with Gasteiger partial charge in [-0.15, -0.1) is 0 Å². The van der Waals surface area contributed by atoms with Gasteiger partial charge in [0.05, 0.1) is 5.69 Å². The van der Waals surface area contributed by atoms with Gasteiger partial charge in [0.1, 0.15) is 23.0 Å². The number of nitrogens with zero attached hydrogens (tertiary/aromatic N) is 1. The Kier molecular flexibility index (Phi) is 4.15. The summed E-state index contributed by atoms with van der Waals surface area (Å²) < 4.78 is 13.2. The van der Waals surface area contributed by atoms with Crippen LogP contribution in [-0.4, -0.2) is 6.71 Å². The summed E-state index contributed by atoms with van der Waals surface area (Å²) in [5.41, 5.74) is 9.59. The van der Waals surface area contributed by atoms with E-state index in [0.717, 1.165) is 58.4 Å². The molecule has 0 unspecified atom stereocenters. The van der Waals surface area contributed by atoms with Crippen LogP contribution in [0.25, 0.3) is 0 Å². The summed E-state index contributed by atoms with van der Waals surface area (Å²) in [5.74, 6) is 3.61. The van der Waals surface area contributed by atoms with Gasteiger partial charge in [-0.25, -0.2) is 0 Å². The molecule has 4 heteroatoms. The Morgan fingerprint density at radius 3 is 1.75 bits per heavy atom. The number of para-hydroxylation sites is 3. The topological polar surface area (TPSA) is 21.7 Å². The fourth-order valence-electron chi connectivity index (χ4n) is 5.86. The van der Waals surface area contributed by atoms with Crippen LogP contribution in [0.4, 0.5) is 17.1 Å². The van der Waals surface area contributed by atoms with Gasteiger partial charge in [-0.2, -0.15) is 0 Å². The Balaban J connectivity index is 1.37. The predicted octanol–water partition coefficient (Wildman–Crippen LogP) is 5.98. The summed E-state index contributed by atoms with van der Waals surface area (Å²) in [7, 11) is 0. The van der Waals surface area contributed by atoms with Crippen molar-refractivity contribution in [2.45, 2.75) is 12.8 Å². The van der Waals surface area contributed by atoms with Gasteiger partial charge in [-0.1, -0.05) is 60.7 Å². The van der Waals surface area contributed by atoms with Crippen molar-refractivity contribution in [3.63, 3.8) is 0 Å². The monoisotopic (exact) mass is 463 g/mol. The number of aryl methyl sites for hydroxylation is 2. The van der Waals surface area contributed by atoms with Crippen molar-refractivity contribution in [2.75, 3.05) is 4.90 Å². The number of hydrogen-bond donors (Lipinski definition) is 0. The van der Waals surface area contributed by atoms with Crippen molar-refractivity contribution >= 4 is 40.2 Å². The minimum absolute atomic E-state index is 0.102. The molecule has 1 aliphatic carbocycles. The van der Waals surface area contributed by atoms with Crippen molar-refractivity contribution in [1.82, 2.24) is 0 Å². The van der Waals surface area contributed by atoms with E-state index in [1.165, 1.54) is 22.1 Å². The molecule has 3 aliphatic rings. The maximum Gasteiger partial charge on any atom is 0.260 e. The van der Waals surface area contributed by atoms with E-state index in [-0.39, 0.29) is 6.71 Å². The number of benzene rings is 5. The van der Waals surface area contributed by atoms with Gasteiger partial charge in [-0.3, -0.25) is 0 Å². The Morgan fingerprint density at radius 2 is 1.08 bits per heavy atom. The van der Waals surface area contributed by atoms with E-state index >= 15 is 0 Å². The van der Waals surface area contributed by atoms with Gasteiger partial charge in [0.15, 0.2) is 0 Å². The van der Waals surface area contributed by atoms with Crippen LogP contribution in [0.15, 0.2) is 109 Å². The van der Waals surface area contributed by atoms with E-state index in [1.54, 1.807) is 0 Å². The Morgan fingerprint density at radius 1 is 0.500 bits per heavy atom. The average Bonchev–Trinajstić information content (AvgIpc) is 2.91. The van der Waals surface area contributed by atoms with E-state index in [2.05, 4.69) is 95.9 Å².